The minimum atomic E-state index is -4.15. The number of sulfonamides is 1. The van der Waals surface area contributed by atoms with Crippen LogP contribution in [0.2, 0.25) is 0 Å². The van der Waals surface area contributed by atoms with E-state index in [4.69, 9.17) is 0 Å². The summed E-state index contributed by atoms with van der Waals surface area (Å²) in [5, 5.41) is 5.11. The molecule has 2 amide bonds. The SMILES string of the molecule is CNC(=O)CCC(=O)c1ccc2c(c1)C(=O)C(C(=O)Nc1ncc(C)s1)N(C)S2(=O)=O. The lowest BCUT2D eigenvalue weighted by atomic mass is 9.98. The summed E-state index contributed by atoms with van der Waals surface area (Å²) in [6, 6.07) is 1.99. The van der Waals surface area contributed by atoms with Crippen LogP contribution in [0, 0.1) is 6.92 Å². The summed E-state index contributed by atoms with van der Waals surface area (Å²) in [6.07, 6.45) is 1.39. The molecule has 1 unspecified atom stereocenters. The molecule has 31 heavy (non-hydrogen) atoms. The van der Waals surface area contributed by atoms with Gasteiger partial charge in [-0.3, -0.25) is 19.2 Å². The molecule has 0 fully saturated rings. The lowest BCUT2D eigenvalue weighted by Gasteiger charge is -2.31. The first-order valence-corrected chi connectivity index (χ1v) is 11.4. The highest BCUT2D eigenvalue weighted by molar-refractivity contribution is 7.89. The molecule has 1 aliphatic rings. The Kier molecular flexibility index (Phi) is 6.34. The van der Waals surface area contributed by atoms with Crippen molar-refractivity contribution in [3.05, 3.63) is 40.4 Å². The molecule has 0 radical (unpaired) electrons. The van der Waals surface area contributed by atoms with Crippen LogP contribution in [0.3, 0.4) is 0 Å². The number of rotatable bonds is 6. The maximum Gasteiger partial charge on any atom is 0.252 e. The number of anilines is 1. The second kappa shape index (κ2) is 8.65. The highest BCUT2D eigenvalue weighted by Crippen LogP contribution is 2.31. The quantitative estimate of drug-likeness (QED) is 0.479. The molecule has 0 saturated carbocycles. The standard InChI is InChI=1S/C19H20N4O6S2/c1-10-9-21-19(30-10)22-18(27)16-17(26)12-8-11(13(24)5-7-15(25)20-2)4-6-14(12)31(28,29)23(16)3/h4,6,8-9,16H,5,7H2,1-3H3,(H,20,25)(H,21,22,27). The molecule has 1 aromatic carbocycles. The predicted molar refractivity (Wildman–Crippen MR) is 113 cm³/mol. The van der Waals surface area contributed by atoms with Gasteiger partial charge in [0.1, 0.15) is 0 Å². The molecule has 0 spiro atoms. The number of ketones is 2. The molecule has 1 aromatic heterocycles. The zero-order valence-electron chi connectivity index (χ0n) is 17.0. The Morgan fingerprint density at radius 2 is 1.94 bits per heavy atom. The fraction of sp³-hybridized carbons (Fsp3) is 0.316. The molecular formula is C19H20N4O6S2. The molecule has 10 nitrogen and oxygen atoms in total. The van der Waals surface area contributed by atoms with Gasteiger partial charge in [0.05, 0.1) is 4.90 Å². The number of likely N-dealkylation sites (N-methyl/N-ethyl adjacent to an activating group) is 1. The summed E-state index contributed by atoms with van der Waals surface area (Å²) in [5.41, 5.74) is -0.148. The molecular weight excluding hydrogens is 444 g/mol. The summed E-state index contributed by atoms with van der Waals surface area (Å²) in [7, 11) is -1.55. The number of benzene rings is 1. The van der Waals surface area contributed by atoms with Crippen LogP contribution in [-0.4, -0.2) is 61.2 Å². The van der Waals surface area contributed by atoms with Crippen LogP contribution < -0.4 is 10.6 Å². The zero-order chi connectivity index (χ0) is 22.9. The average Bonchev–Trinajstić information content (AvgIpc) is 3.14. The van der Waals surface area contributed by atoms with E-state index in [0.717, 1.165) is 11.9 Å². The van der Waals surface area contributed by atoms with Crippen molar-refractivity contribution in [3.8, 4) is 0 Å². The van der Waals surface area contributed by atoms with E-state index >= 15 is 0 Å². The molecule has 164 valence electrons. The van der Waals surface area contributed by atoms with E-state index in [9.17, 15) is 27.6 Å². The van der Waals surface area contributed by atoms with Crippen molar-refractivity contribution < 1.29 is 27.6 Å². The molecule has 12 heteroatoms. The molecule has 0 aliphatic carbocycles. The Morgan fingerprint density at radius 3 is 2.55 bits per heavy atom. The Balaban J connectivity index is 1.94. The largest absolute Gasteiger partial charge is 0.359 e. The second-order valence-corrected chi connectivity index (χ2v) is 10.1. The predicted octanol–water partition coefficient (Wildman–Crippen LogP) is 0.985. The number of fused-ring (bicyclic) bond motifs is 1. The topological polar surface area (TPSA) is 143 Å². The van der Waals surface area contributed by atoms with Gasteiger partial charge >= 0.3 is 0 Å². The van der Waals surface area contributed by atoms with Gasteiger partial charge in [0.2, 0.25) is 15.9 Å². The minimum absolute atomic E-state index is 0.0420. The van der Waals surface area contributed by atoms with Gasteiger partial charge in [0.15, 0.2) is 22.7 Å². The van der Waals surface area contributed by atoms with Crippen LogP contribution in [-0.2, 0) is 19.6 Å². The number of aromatic nitrogens is 1. The molecule has 0 saturated heterocycles. The third-order valence-corrected chi connectivity index (χ3v) is 7.50. The van der Waals surface area contributed by atoms with Gasteiger partial charge in [0.25, 0.3) is 5.91 Å². The van der Waals surface area contributed by atoms with E-state index in [-0.39, 0.29) is 39.9 Å². The maximum absolute atomic E-state index is 13.1. The molecule has 3 rings (SSSR count). The minimum Gasteiger partial charge on any atom is -0.359 e. The van der Waals surface area contributed by atoms with Gasteiger partial charge < -0.3 is 10.6 Å². The van der Waals surface area contributed by atoms with E-state index in [2.05, 4.69) is 15.6 Å². The number of nitrogens with one attached hydrogen (secondary N) is 2. The summed E-state index contributed by atoms with van der Waals surface area (Å²) in [4.78, 5) is 54.1. The van der Waals surface area contributed by atoms with E-state index in [1.165, 1.54) is 42.8 Å². The van der Waals surface area contributed by atoms with Crippen LogP contribution in [0.4, 0.5) is 5.13 Å². The maximum atomic E-state index is 13.1. The first-order chi connectivity index (χ1) is 14.6. The highest BCUT2D eigenvalue weighted by atomic mass is 32.2. The normalized spacial score (nSPS) is 17.6. The van der Waals surface area contributed by atoms with Crippen molar-refractivity contribution in [1.29, 1.82) is 0 Å². The molecule has 0 bridgehead atoms. The van der Waals surface area contributed by atoms with Gasteiger partial charge in [-0.1, -0.05) is 6.07 Å². The summed E-state index contributed by atoms with van der Waals surface area (Å²) in [5.74, 6) is -2.33. The highest BCUT2D eigenvalue weighted by Gasteiger charge is 2.45. The summed E-state index contributed by atoms with van der Waals surface area (Å²) >= 11 is 1.18. The Bertz CT molecular complexity index is 1190. The summed E-state index contributed by atoms with van der Waals surface area (Å²) < 4.78 is 26.5. The zero-order valence-corrected chi connectivity index (χ0v) is 18.6. The van der Waals surface area contributed by atoms with E-state index in [1.54, 1.807) is 6.92 Å². The van der Waals surface area contributed by atoms with Crippen molar-refractivity contribution in [2.45, 2.75) is 30.7 Å². The molecule has 1 aliphatic heterocycles. The smallest absolute Gasteiger partial charge is 0.252 e. The monoisotopic (exact) mass is 464 g/mol. The Hall–Kier alpha value is -2.96. The van der Waals surface area contributed by atoms with E-state index in [0.29, 0.717) is 4.31 Å². The van der Waals surface area contributed by atoms with Crippen molar-refractivity contribution in [1.82, 2.24) is 14.6 Å². The third-order valence-electron chi connectivity index (χ3n) is 4.79. The number of nitrogens with zero attached hydrogens (tertiary/aromatic N) is 2. The van der Waals surface area contributed by atoms with Gasteiger partial charge in [-0.25, -0.2) is 13.4 Å². The van der Waals surface area contributed by atoms with Crippen LogP contribution in [0.15, 0.2) is 29.3 Å². The fourth-order valence-corrected chi connectivity index (χ4v) is 5.22. The number of carbonyl (C=O) groups is 4. The number of hydrogen-bond donors (Lipinski definition) is 2. The number of hydrogen-bond acceptors (Lipinski definition) is 8. The van der Waals surface area contributed by atoms with Crippen LogP contribution >= 0.6 is 11.3 Å². The second-order valence-electron chi connectivity index (χ2n) is 6.86. The number of thiazole rings is 1. The van der Waals surface area contributed by atoms with Gasteiger partial charge in [-0.15, -0.1) is 11.3 Å². The lowest BCUT2D eigenvalue weighted by molar-refractivity contribution is -0.120. The number of aryl methyl sites for hydroxylation is 1. The number of amides is 2. The van der Waals surface area contributed by atoms with Crippen molar-refractivity contribution >= 4 is 49.9 Å². The van der Waals surface area contributed by atoms with Crippen molar-refractivity contribution in [3.63, 3.8) is 0 Å². The Labute approximate surface area is 182 Å². The molecule has 2 aromatic rings. The molecule has 1 atom stereocenters. The van der Waals surface area contributed by atoms with Gasteiger partial charge in [-0.2, -0.15) is 4.31 Å². The van der Waals surface area contributed by atoms with Crippen molar-refractivity contribution in [2.24, 2.45) is 0 Å². The first kappa shape index (κ1) is 22.7. The summed E-state index contributed by atoms with van der Waals surface area (Å²) in [6.45, 7) is 1.79. The number of carbonyl (C=O) groups excluding carboxylic acids is 4. The fourth-order valence-electron chi connectivity index (χ4n) is 3.09. The van der Waals surface area contributed by atoms with Crippen LogP contribution in [0.25, 0.3) is 0 Å². The average molecular weight is 465 g/mol. The van der Waals surface area contributed by atoms with E-state index < -0.39 is 33.5 Å². The van der Waals surface area contributed by atoms with Crippen LogP contribution in [0.1, 0.15) is 38.4 Å². The van der Waals surface area contributed by atoms with E-state index in [1.807, 2.05) is 0 Å². The van der Waals surface area contributed by atoms with Gasteiger partial charge in [0, 0.05) is 49.1 Å². The lowest BCUT2D eigenvalue weighted by Crippen LogP contribution is -2.53. The van der Waals surface area contributed by atoms with Crippen molar-refractivity contribution in [2.75, 3.05) is 19.4 Å². The number of Topliss-reactive ketones (excluding diaryl/α,β-unsaturated/α-hetero) is 2. The first-order valence-electron chi connectivity index (χ1n) is 9.19. The molecule has 2 N–H and O–H groups in total. The van der Waals surface area contributed by atoms with Gasteiger partial charge in [-0.05, 0) is 19.1 Å². The van der Waals surface area contributed by atoms with Crippen LogP contribution in [0.5, 0.6) is 0 Å². The molecule has 2 heterocycles. The third kappa shape index (κ3) is 4.40. The Morgan fingerprint density at radius 1 is 1.23 bits per heavy atom.